The highest BCUT2D eigenvalue weighted by atomic mass is 32.1. The molecule has 0 saturated heterocycles. The lowest BCUT2D eigenvalue weighted by molar-refractivity contribution is 0.570. The molecule has 0 atom stereocenters. The van der Waals surface area contributed by atoms with Crippen molar-refractivity contribution in [1.82, 2.24) is 19.4 Å². The van der Waals surface area contributed by atoms with Gasteiger partial charge in [-0.05, 0) is 36.1 Å². The maximum absolute atomic E-state index is 4.78. The Labute approximate surface area is 156 Å². The van der Waals surface area contributed by atoms with E-state index in [1.165, 1.54) is 0 Å². The van der Waals surface area contributed by atoms with Crippen LogP contribution in [0, 0.1) is 18.0 Å². The van der Waals surface area contributed by atoms with Crippen LogP contribution in [0.15, 0.2) is 48.9 Å². The highest BCUT2D eigenvalue weighted by Crippen LogP contribution is 2.29. The first-order chi connectivity index (χ1) is 12.5. The van der Waals surface area contributed by atoms with Crippen LogP contribution in [0.5, 0.6) is 0 Å². The number of rotatable bonds is 1. The second-order valence-electron chi connectivity index (χ2n) is 6.92. The van der Waals surface area contributed by atoms with Crippen LogP contribution in [0.2, 0.25) is 0 Å². The Bertz CT molecular complexity index is 1120. The minimum absolute atomic E-state index is 0.0757. The van der Waals surface area contributed by atoms with E-state index in [1.807, 2.05) is 40.9 Å². The lowest BCUT2D eigenvalue weighted by Gasteiger charge is -2.17. The first kappa shape index (κ1) is 16.5. The molecular formula is C21H17N4S. The Morgan fingerprint density at radius 3 is 2.69 bits per heavy atom. The lowest BCUT2D eigenvalue weighted by Crippen LogP contribution is -2.15. The van der Waals surface area contributed by atoms with Crippen LogP contribution >= 0.6 is 11.3 Å². The van der Waals surface area contributed by atoms with Gasteiger partial charge in [-0.15, -0.1) is 11.3 Å². The van der Waals surface area contributed by atoms with Crippen molar-refractivity contribution in [1.29, 1.82) is 0 Å². The molecular weight excluding hydrogens is 340 g/mol. The molecule has 4 heterocycles. The molecule has 0 aromatic carbocycles. The molecule has 0 saturated carbocycles. The molecule has 0 fully saturated rings. The zero-order valence-electron chi connectivity index (χ0n) is 14.8. The number of nitrogens with zero attached hydrogens (tertiary/aromatic N) is 4. The van der Waals surface area contributed by atoms with E-state index in [0.717, 1.165) is 32.5 Å². The number of hydrogen-bond acceptors (Lipinski definition) is 4. The van der Waals surface area contributed by atoms with Crippen molar-refractivity contribution in [3.63, 3.8) is 0 Å². The number of hydrogen-bond donors (Lipinski definition) is 0. The van der Waals surface area contributed by atoms with Crippen LogP contribution in [0.3, 0.4) is 0 Å². The quantitative estimate of drug-likeness (QED) is 0.476. The van der Waals surface area contributed by atoms with Crippen LogP contribution in [0.1, 0.15) is 37.0 Å². The molecule has 127 valence electrons. The molecule has 4 aromatic rings. The van der Waals surface area contributed by atoms with Gasteiger partial charge in [0.05, 0.1) is 15.4 Å². The topological polar surface area (TPSA) is 43.1 Å². The first-order valence-electron chi connectivity index (χ1n) is 8.31. The van der Waals surface area contributed by atoms with E-state index in [1.54, 1.807) is 23.7 Å². The molecule has 0 N–H and O–H groups in total. The van der Waals surface area contributed by atoms with Gasteiger partial charge in [0.15, 0.2) is 5.65 Å². The zero-order chi connectivity index (χ0) is 18.1. The SMILES string of the molecule is CC(C)(C)c1nccn2[c]c(-c3ccc(C#Cc4ccccn4)s3)nc12. The Morgan fingerprint density at radius 2 is 1.92 bits per heavy atom. The summed E-state index contributed by atoms with van der Waals surface area (Å²) in [5.41, 5.74) is 3.33. The average molecular weight is 357 g/mol. The Morgan fingerprint density at radius 1 is 1.04 bits per heavy atom. The lowest BCUT2D eigenvalue weighted by atomic mass is 9.92. The normalized spacial score (nSPS) is 11.3. The third-order valence-electron chi connectivity index (χ3n) is 3.83. The van der Waals surface area contributed by atoms with Gasteiger partial charge in [-0.2, -0.15) is 0 Å². The van der Waals surface area contributed by atoms with Gasteiger partial charge < -0.3 is 0 Å². The molecule has 4 aromatic heterocycles. The Kier molecular flexibility index (Phi) is 4.06. The number of imidazole rings is 1. The largest absolute Gasteiger partial charge is 0.294 e. The van der Waals surface area contributed by atoms with Crippen LogP contribution in [-0.2, 0) is 5.41 Å². The molecule has 0 aliphatic heterocycles. The molecule has 0 spiro atoms. The van der Waals surface area contributed by atoms with Crippen LogP contribution in [0.4, 0.5) is 0 Å². The van der Waals surface area contributed by atoms with E-state index < -0.39 is 0 Å². The maximum Gasteiger partial charge on any atom is 0.160 e. The van der Waals surface area contributed by atoms with Crippen molar-refractivity contribution in [2.45, 2.75) is 26.2 Å². The highest BCUT2D eigenvalue weighted by Gasteiger charge is 2.21. The molecule has 5 heteroatoms. The molecule has 0 aliphatic carbocycles. The summed E-state index contributed by atoms with van der Waals surface area (Å²) in [7, 11) is 0. The molecule has 4 nitrogen and oxygen atoms in total. The predicted octanol–water partition coefficient (Wildman–Crippen LogP) is 4.35. The highest BCUT2D eigenvalue weighted by molar-refractivity contribution is 7.16. The third-order valence-corrected chi connectivity index (χ3v) is 4.84. The number of thiophene rings is 1. The van der Waals surface area contributed by atoms with Crippen molar-refractivity contribution in [3.8, 4) is 22.4 Å². The van der Waals surface area contributed by atoms with Gasteiger partial charge in [-0.1, -0.05) is 26.8 Å². The summed E-state index contributed by atoms with van der Waals surface area (Å²) in [5.74, 6) is 6.25. The number of fused-ring (bicyclic) bond motifs is 1. The molecule has 1 radical (unpaired) electrons. The van der Waals surface area contributed by atoms with Crippen LogP contribution in [0.25, 0.3) is 16.2 Å². The molecule has 4 rings (SSSR count). The van der Waals surface area contributed by atoms with Crippen molar-refractivity contribution < 1.29 is 0 Å². The van der Waals surface area contributed by atoms with Crippen molar-refractivity contribution in [3.05, 3.63) is 71.4 Å². The van der Waals surface area contributed by atoms with Crippen LogP contribution in [-0.4, -0.2) is 19.4 Å². The third kappa shape index (κ3) is 3.24. The Balaban J connectivity index is 1.69. The summed E-state index contributed by atoms with van der Waals surface area (Å²) in [6, 6.07) is 9.77. The van der Waals surface area contributed by atoms with Crippen molar-refractivity contribution in [2.75, 3.05) is 0 Å². The standard InChI is InChI=1S/C21H17N4S/c1-21(2,3)19-20-24-17(14-25(20)13-12-23-19)18-10-9-16(26-18)8-7-15-6-4-5-11-22-15/h4-6,9-13H,1-3H3. The van der Waals surface area contributed by atoms with Gasteiger partial charge in [0, 0.05) is 24.0 Å². The molecule has 0 amide bonds. The zero-order valence-corrected chi connectivity index (χ0v) is 15.6. The fourth-order valence-corrected chi connectivity index (χ4v) is 3.39. The van der Waals surface area contributed by atoms with E-state index in [0.29, 0.717) is 0 Å². The second-order valence-corrected chi connectivity index (χ2v) is 8.00. The van der Waals surface area contributed by atoms with Gasteiger partial charge >= 0.3 is 0 Å². The molecule has 0 unspecified atom stereocenters. The monoisotopic (exact) mass is 357 g/mol. The summed E-state index contributed by atoms with van der Waals surface area (Å²) in [6.07, 6.45) is 8.76. The minimum Gasteiger partial charge on any atom is -0.294 e. The predicted molar refractivity (Wildman–Crippen MR) is 104 cm³/mol. The van der Waals surface area contributed by atoms with E-state index >= 15 is 0 Å². The van der Waals surface area contributed by atoms with Gasteiger partial charge in [0.1, 0.15) is 17.6 Å². The van der Waals surface area contributed by atoms with Gasteiger partial charge in [-0.25, -0.2) is 9.97 Å². The van der Waals surface area contributed by atoms with Gasteiger partial charge in [0.2, 0.25) is 0 Å². The molecule has 0 aliphatic rings. The number of aromatic nitrogens is 4. The molecule has 0 bridgehead atoms. The van der Waals surface area contributed by atoms with Gasteiger partial charge in [-0.3, -0.25) is 9.38 Å². The van der Waals surface area contributed by atoms with E-state index in [-0.39, 0.29) is 5.41 Å². The summed E-state index contributed by atoms with van der Waals surface area (Å²) in [5, 5.41) is 0. The fourth-order valence-electron chi connectivity index (χ4n) is 2.59. The first-order valence-corrected chi connectivity index (χ1v) is 9.12. The van der Waals surface area contributed by atoms with E-state index in [2.05, 4.69) is 48.8 Å². The smallest absolute Gasteiger partial charge is 0.160 e. The van der Waals surface area contributed by atoms with Crippen LogP contribution < -0.4 is 0 Å². The maximum atomic E-state index is 4.78. The summed E-state index contributed by atoms with van der Waals surface area (Å²) >= 11 is 1.60. The van der Waals surface area contributed by atoms with E-state index in [4.69, 9.17) is 4.98 Å². The Hall–Kier alpha value is -2.97. The average Bonchev–Trinajstić information content (AvgIpc) is 3.26. The van der Waals surface area contributed by atoms with Crippen molar-refractivity contribution in [2.24, 2.45) is 0 Å². The summed E-state index contributed by atoms with van der Waals surface area (Å²) in [4.78, 5) is 15.5. The van der Waals surface area contributed by atoms with Crippen molar-refractivity contribution >= 4 is 17.0 Å². The summed E-state index contributed by atoms with van der Waals surface area (Å²) < 4.78 is 1.92. The fraction of sp³-hybridized carbons (Fsp3) is 0.190. The minimum atomic E-state index is -0.0757. The van der Waals surface area contributed by atoms with Gasteiger partial charge in [0.25, 0.3) is 0 Å². The molecule has 26 heavy (non-hydrogen) atoms. The second kappa shape index (κ2) is 6.40. The summed E-state index contributed by atoms with van der Waals surface area (Å²) in [6.45, 7) is 6.42. The van der Waals surface area contributed by atoms with E-state index in [9.17, 15) is 0 Å². The number of pyridine rings is 1.